The molecule has 0 radical (unpaired) electrons. The monoisotopic (exact) mass is 531 g/mol. The number of hydrogen-bond donors (Lipinski definition) is 0. The number of hydrogen-bond acceptors (Lipinski definition) is 7. The Morgan fingerprint density at radius 1 is 0.861 bits per heavy atom. The van der Waals surface area contributed by atoms with E-state index in [0.717, 1.165) is 64.3 Å². The molecule has 7 nitrogen and oxygen atoms in total. The maximum absolute atomic E-state index is 14.2. The molecule has 0 saturated carbocycles. The molecule has 0 aliphatic carbocycles. The standard InChI is InChI=1S/C26H38FN7S2/c1-31(22-26-8-2-3-13-28-26)20-23-9-11-24(12-10-23)21-32-16-18-33(29-35)14-4-6-25(27)7-5-15-34(30-36)19-17-32/h2-3,8-13,25H,4-7,14-22H2,1H3. The Labute approximate surface area is 226 Å². The Morgan fingerprint density at radius 2 is 1.47 bits per heavy atom. The summed E-state index contributed by atoms with van der Waals surface area (Å²) in [6.45, 7) is 7.00. The van der Waals surface area contributed by atoms with Crippen LogP contribution in [-0.2, 0) is 44.5 Å². The van der Waals surface area contributed by atoms with Crippen molar-refractivity contribution in [3.8, 4) is 0 Å². The number of nitrogens with zero attached hydrogens (tertiary/aromatic N) is 7. The topological polar surface area (TPSA) is 50.6 Å². The van der Waals surface area contributed by atoms with Crippen LogP contribution in [0.15, 0.2) is 57.6 Å². The molecule has 1 aromatic carbocycles. The Balaban J connectivity index is 1.58. The third-order valence-corrected chi connectivity index (χ3v) is 6.95. The molecule has 0 atom stereocenters. The van der Waals surface area contributed by atoms with Crippen LogP contribution in [0.5, 0.6) is 0 Å². The van der Waals surface area contributed by atoms with Gasteiger partial charge in [0.2, 0.25) is 0 Å². The summed E-state index contributed by atoms with van der Waals surface area (Å²) in [5, 5.41) is 3.77. The van der Waals surface area contributed by atoms with Gasteiger partial charge in [-0.25, -0.2) is 4.39 Å². The van der Waals surface area contributed by atoms with Gasteiger partial charge in [0.05, 0.1) is 30.5 Å². The third kappa shape index (κ3) is 10.5. The molecule has 2 aromatic rings. The predicted octanol–water partition coefficient (Wildman–Crippen LogP) is 4.32. The average molecular weight is 532 g/mol. The molecule has 2 heterocycles. The molecule has 3 rings (SSSR count). The van der Waals surface area contributed by atoms with E-state index in [0.29, 0.717) is 25.9 Å². The van der Waals surface area contributed by atoms with Crippen LogP contribution in [0.1, 0.15) is 42.5 Å². The zero-order valence-corrected chi connectivity index (χ0v) is 22.8. The van der Waals surface area contributed by atoms with Gasteiger partial charge in [0.25, 0.3) is 0 Å². The second-order valence-electron chi connectivity index (χ2n) is 9.54. The van der Waals surface area contributed by atoms with Crippen molar-refractivity contribution in [3.05, 3.63) is 65.5 Å². The van der Waals surface area contributed by atoms with Crippen molar-refractivity contribution >= 4 is 24.9 Å². The van der Waals surface area contributed by atoms with Crippen LogP contribution in [-0.4, -0.2) is 77.3 Å². The molecule has 0 bridgehead atoms. The van der Waals surface area contributed by atoms with E-state index in [1.54, 1.807) is 0 Å². The molecule has 1 aromatic heterocycles. The van der Waals surface area contributed by atoms with Crippen LogP contribution < -0.4 is 0 Å². The van der Waals surface area contributed by atoms with E-state index in [1.165, 1.54) is 11.1 Å². The lowest BCUT2D eigenvalue weighted by Crippen LogP contribution is -2.38. The lowest BCUT2D eigenvalue weighted by Gasteiger charge is -2.28. The fraction of sp³-hybridized carbons (Fsp3) is 0.577. The van der Waals surface area contributed by atoms with E-state index >= 15 is 0 Å². The molecule has 1 aliphatic heterocycles. The van der Waals surface area contributed by atoms with Crippen LogP contribution in [0.4, 0.5) is 4.39 Å². The van der Waals surface area contributed by atoms with Gasteiger partial charge >= 0.3 is 0 Å². The van der Waals surface area contributed by atoms with E-state index in [4.69, 9.17) is 24.9 Å². The summed E-state index contributed by atoms with van der Waals surface area (Å²) in [4.78, 5) is 9.08. The molecule has 36 heavy (non-hydrogen) atoms. The Morgan fingerprint density at radius 3 is 2.03 bits per heavy atom. The van der Waals surface area contributed by atoms with Gasteiger partial charge < -0.3 is 0 Å². The van der Waals surface area contributed by atoms with Crippen LogP contribution in [0.3, 0.4) is 0 Å². The molecule has 1 saturated heterocycles. The van der Waals surface area contributed by atoms with Gasteiger partial charge in [-0.3, -0.25) is 24.8 Å². The Bertz CT molecular complexity index is 877. The summed E-state index contributed by atoms with van der Waals surface area (Å²) < 4.78 is 22.1. The van der Waals surface area contributed by atoms with Crippen molar-refractivity contribution in [1.29, 1.82) is 0 Å². The number of pyridine rings is 1. The minimum absolute atomic E-state index is 0.541. The minimum Gasteiger partial charge on any atom is -0.296 e. The average Bonchev–Trinajstić information content (AvgIpc) is 2.88. The molecule has 1 fully saturated rings. The van der Waals surface area contributed by atoms with Crippen LogP contribution >= 0.6 is 0 Å². The third-order valence-electron chi connectivity index (χ3n) is 6.49. The summed E-state index contributed by atoms with van der Waals surface area (Å²) in [5.74, 6) is 0. The fourth-order valence-corrected chi connectivity index (χ4v) is 4.78. The molecule has 0 N–H and O–H groups in total. The van der Waals surface area contributed by atoms with Gasteiger partial charge in [-0.2, -0.15) is 0 Å². The van der Waals surface area contributed by atoms with Gasteiger partial charge in [-0.15, -0.1) is 8.94 Å². The van der Waals surface area contributed by atoms with Gasteiger partial charge in [-0.05, 0) is 56.0 Å². The SMILES string of the molecule is CN(Cc1ccc(CN2CCN(N=S)CCCC(F)CCCN(N=S)CC2)cc1)Cc1ccccn1. The number of rotatable bonds is 8. The van der Waals surface area contributed by atoms with Crippen LogP contribution in [0.2, 0.25) is 0 Å². The first-order valence-electron chi connectivity index (χ1n) is 12.7. The Kier molecular flexibility index (Phi) is 12.5. The maximum Gasteiger partial charge on any atom is 0.100 e. The zero-order valence-electron chi connectivity index (χ0n) is 21.2. The lowest BCUT2D eigenvalue weighted by molar-refractivity contribution is 0.163. The summed E-state index contributed by atoms with van der Waals surface area (Å²) >= 11 is 9.96. The molecule has 1 aliphatic rings. The minimum atomic E-state index is -0.791. The van der Waals surface area contributed by atoms with Crippen molar-refractivity contribution in [1.82, 2.24) is 24.8 Å². The van der Waals surface area contributed by atoms with E-state index in [1.807, 2.05) is 28.3 Å². The molecule has 0 amide bonds. The lowest BCUT2D eigenvalue weighted by atomic mass is 10.1. The first-order valence-corrected chi connectivity index (χ1v) is 13.5. The van der Waals surface area contributed by atoms with Crippen LogP contribution in [0.25, 0.3) is 0 Å². The van der Waals surface area contributed by atoms with Crippen molar-refractivity contribution in [2.45, 2.75) is 51.5 Å². The zero-order chi connectivity index (χ0) is 25.6. The van der Waals surface area contributed by atoms with E-state index in [-0.39, 0.29) is 0 Å². The molecule has 196 valence electrons. The normalized spacial score (nSPS) is 17.6. The van der Waals surface area contributed by atoms with Crippen molar-refractivity contribution in [2.24, 2.45) is 8.94 Å². The Hall–Kier alpha value is -2.14. The quantitative estimate of drug-likeness (QED) is 0.503. The molecular weight excluding hydrogens is 493 g/mol. The second-order valence-corrected chi connectivity index (χ2v) is 9.86. The first-order chi connectivity index (χ1) is 17.6. The smallest absolute Gasteiger partial charge is 0.100 e. The highest BCUT2D eigenvalue weighted by molar-refractivity contribution is 7.47. The van der Waals surface area contributed by atoms with Gasteiger partial charge in [0.1, 0.15) is 6.17 Å². The number of aromatic nitrogens is 1. The first kappa shape index (κ1) is 28.4. The van der Waals surface area contributed by atoms with Crippen molar-refractivity contribution in [3.63, 3.8) is 0 Å². The summed E-state index contributed by atoms with van der Waals surface area (Å²) in [6.07, 6.45) is 3.64. The molecular formula is C26H38FN7S2. The van der Waals surface area contributed by atoms with Gasteiger partial charge in [0.15, 0.2) is 0 Å². The second kappa shape index (κ2) is 15.9. The molecule has 0 spiro atoms. The summed E-state index contributed by atoms with van der Waals surface area (Å²) in [6, 6.07) is 14.8. The highest BCUT2D eigenvalue weighted by Gasteiger charge is 2.15. The highest BCUT2D eigenvalue weighted by Crippen LogP contribution is 2.14. The van der Waals surface area contributed by atoms with Crippen molar-refractivity contribution < 1.29 is 4.39 Å². The highest BCUT2D eigenvalue weighted by atomic mass is 32.1. The van der Waals surface area contributed by atoms with Crippen LogP contribution in [0, 0.1) is 0 Å². The van der Waals surface area contributed by atoms with Crippen molar-refractivity contribution in [2.75, 3.05) is 46.3 Å². The molecule has 10 heteroatoms. The van der Waals surface area contributed by atoms with Gasteiger partial charge in [-0.1, -0.05) is 30.3 Å². The number of alkyl halides is 1. The van der Waals surface area contributed by atoms with E-state index in [9.17, 15) is 4.39 Å². The predicted molar refractivity (Wildman–Crippen MR) is 147 cm³/mol. The fourth-order valence-electron chi connectivity index (χ4n) is 4.45. The summed E-state index contributed by atoms with van der Waals surface area (Å²) in [5.41, 5.74) is 3.61. The largest absolute Gasteiger partial charge is 0.296 e. The number of benzene rings is 1. The van der Waals surface area contributed by atoms with E-state index < -0.39 is 6.17 Å². The van der Waals surface area contributed by atoms with E-state index in [2.05, 4.69) is 61.1 Å². The summed E-state index contributed by atoms with van der Waals surface area (Å²) in [7, 11) is 2.11. The number of halogens is 1. The molecule has 0 unspecified atom stereocenters. The van der Waals surface area contributed by atoms with Gasteiger partial charge in [0, 0.05) is 65.1 Å². The maximum atomic E-state index is 14.2.